The average Bonchev–Trinajstić information content (AvgIpc) is 3.11. The van der Waals surface area contributed by atoms with Crippen LogP contribution in [0.5, 0.6) is 0 Å². The number of nitrogens with one attached hydrogen (secondary N) is 1. The molecule has 2 aromatic carbocycles. The normalized spacial score (nSPS) is 16.0. The number of nitrogens with zero attached hydrogens (tertiary/aromatic N) is 1. The largest absolute Gasteiger partial charge is 0.455 e. The number of thioether (sulfide) groups is 1. The molecule has 0 radical (unpaired) electrons. The predicted molar refractivity (Wildman–Crippen MR) is 114 cm³/mol. The lowest BCUT2D eigenvalue weighted by Crippen LogP contribution is -2.28. The first-order valence-electron chi connectivity index (χ1n) is 9.35. The molecule has 0 aliphatic carbocycles. The van der Waals surface area contributed by atoms with E-state index in [4.69, 9.17) is 4.74 Å². The van der Waals surface area contributed by atoms with Gasteiger partial charge in [0, 0.05) is 29.2 Å². The quantitative estimate of drug-likeness (QED) is 0.580. The maximum Gasteiger partial charge on any atom is 0.311 e. The standard InChI is InChI=1S/C22H24N2O4S/c1-14-7-8-17(9-15(14)2)23-20(25)13-28-22(27)16-10-21(26)24(12-16)18-5-4-6-19(11-18)29-3/h4-9,11,16H,10,12-13H2,1-3H3,(H,23,25)/t16-/m1/s1. The predicted octanol–water partition coefficient (Wildman–Crippen LogP) is 3.56. The van der Waals surface area contributed by atoms with Gasteiger partial charge in [0.1, 0.15) is 0 Å². The van der Waals surface area contributed by atoms with Gasteiger partial charge in [0.05, 0.1) is 5.92 Å². The second-order valence-corrected chi connectivity index (χ2v) is 7.94. The molecule has 0 unspecified atom stereocenters. The summed E-state index contributed by atoms with van der Waals surface area (Å²) in [6.07, 6.45) is 2.05. The number of carbonyl (C=O) groups is 3. The molecular formula is C22H24N2O4S. The summed E-state index contributed by atoms with van der Waals surface area (Å²) in [7, 11) is 0. The zero-order chi connectivity index (χ0) is 21.0. The fourth-order valence-corrected chi connectivity index (χ4v) is 3.62. The molecule has 6 nitrogen and oxygen atoms in total. The van der Waals surface area contributed by atoms with Gasteiger partial charge < -0.3 is 15.0 Å². The number of esters is 1. The Labute approximate surface area is 174 Å². The molecule has 152 valence electrons. The molecule has 1 aliphatic rings. The van der Waals surface area contributed by atoms with Crippen LogP contribution < -0.4 is 10.2 Å². The summed E-state index contributed by atoms with van der Waals surface area (Å²) in [5, 5.41) is 2.72. The summed E-state index contributed by atoms with van der Waals surface area (Å²) in [6, 6.07) is 13.2. The van der Waals surface area contributed by atoms with Gasteiger partial charge in [-0.05, 0) is 61.6 Å². The Balaban J connectivity index is 1.53. The maximum absolute atomic E-state index is 12.4. The molecule has 0 aromatic heterocycles. The summed E-state index contributed by atoms with van der Waals surface area (Å²) >= 11 is 1.59. The van der Waals surface area contributed by atoms with Crippen LogP contribution in [-0.4, -0.2) is 37.2 Å². The minimum atomic E-state index is -0.574. The number of anilines is 2. The van der Waals surface area contributed by atoms with Gasteiger partial charge in [0.25, 0.3) is 5.91 Å². The molecule has 0 spiro atoms. The summed E-state index contributed by atoms with van der Waals surface area (Å²) in [5.74, 6) is -1.63. The van der Waals surface area contributed by atoms with Gasteiger partial charge in [-0.2, -0.15) is 0 Å². The molecule has 7 heteroatoms. The zero-order valence-corrected chi connectivity index (χ0v) is 17.5. The van der Waals surface area contributed by atoms with E-state index >= 15 is 0 Å². The minimum Gasteiger partial charge on any atom is -0.455 e. The van der Waals surface area contributed by atoms with E-state index in [1.54, 1.807) is 22.7 Å². The van der Waals surface area contributed by atoms with Crippen LogP contribution in [-0.2, 0) is 19.1 Å². The molecule has 29 heavy (non-hydrogen) atoms. The minimum absolute atomic E-state index is 0.0844. The molecule has 1 N–H and O–H groups in total. The lowest BCUT2D eigenvalue weighted by atomic mass is 10.1. The number of rotatable bonds is 6. The van der Waals surface area contributed by atoms with Crippen LogP contribution in [0.3, 0.4) is 0 Å². The van der Waals surface area contributed by atoms with E-state index in [0.717, 1.165) is 21.7 Å². The Morgan fingerprint density at radius 3 is 2.69 bits per heavy atom. The molecule has 0 saturated carbocycles. The van der Waals surface area contributed by atoms with Crippen LogP contribution in [0.4, 0.5) is 11.4 Å². The first kappa shape index (κ1) is 20.9. The number of aryl methyl sites for hydroxylation is 2. The fourth-order valence-electron chi connectivity index (χ4n) is 3.16. The van der Waals surface area contributed by atoms with Crippen LogP contribution in [0.2, 0.25) is 0 Å². The highest BCUT2D eigenvalue weighted by Crippen LogP contribution is 2.28. The number of benzene rings is 2. The number of hydrogen-bond acceptors (Lipinski definition) is 5. The summed E-state index contributed by atoms with van der Waals surface area (Å²) in [5.41, 5.74) is 3.62. The van der Waals surface area contributed by atoms with E-state index in [-0.39, 0.29) is 25.5 Å². The monoisotopic (exact) mass is 412 g/mol. The van der Waals surface area contributed by atoms with Gasteiger partial charge in [-0.1, -0.05) is 12.1 Å². The van der Waals surface area contributed by atoms with Crippen molar-refractivity contribution in [3.05, 3.63) is 53.6 Å². The number of ether oxygens (including phenoxy) is 1. The highest BCUT2D eigenvalue weighted by molar-refractivity contribution is 7.98. The Kier molecular flexibility index (Phi) is 6.59. The molecular weight excluding hydrogens is 388 g/mol. The molecule has 1 aliphatic heterocycles. The van der Waals surface area contributed by atoms with Crippen molar-refractivity contribution in [3.63, 3.8) is 0 Å². The lowest BCUT2D eigenvalue weighted by molar-refractivity contribution is -0.151. The average molecular weight is 413 g/mol. The first-order chi connectivity index (χ1) is 13.9. The molecule has 1 heterocycles. The van der Waals surface area contributed by atoms with E-state index in [1.165, 1.54) is 0 Å². The summed E-state index contributed by atoms with van der Waals surface area (Å²) in [6.45, 7) is 3.83. The Morgan fingerprint density at radius 2 is 1.97 bits per heavy atom. The van der Waals surface area contributed by atoms with E-state index in [0.29, 0.717) is 5.69 Å². The zero-order valence-electron chi connectivity index (χ0n) is 16.7. The van der Waals surface area contributed by atoms with Crippen LogP contribution in [0.1, 0.15) is 17.5 Å². The smallest absolute Gasteiger partial charge is 0.311 e. The molecule has 1 saturated heterocycles. The van der Waals surface area contributed by atoms with Crippen molar-refractivity contribution in [1.29, 1.82) is 0 Å². The number of carbonyl (C=O) groups excluding carboxylic acids is 3. The van der Waals surface area contributed by atoms with Crippen LogP contribution in [0.25, 0.3) is 0 Å². The molecule has 3 rings (SSSR count). The van der Waals surface area contributed by atoms with Gasteiger partial charge in [-0.25, -0.2) is 0 Å². The van der Waals surface area contributed by atoms with Crippen molar-refractivity contribution in [1.82, 2.24) is 0 Å². The van der Waals surface area contributed by atoms with Crippen molar-refractivity contribution >= 4 is 40.9 Å². The van der Waals surface area contributed by atoms with Crippen LogP contribution >= 0.6 is 11.8 Å². The third-order valence-corrected chi connectivity index (χ3v) is 5.68. The van der Waals surface area contributed by atoms with Gasteiger partial charge in [0.2, 0.25) is 5.91 Å². The second-order valence-electron chi connectivity index (χ2n) is 7.06. The summed E-state index contributed by atoms with van der Waals surface area (Å²) < 4.78 is 5.16. The van der Waals surface area contributed by atoms with E-state index in [1.807, 2.05) is 56.5 Å². The number of hydrogen-bond donors (Lipinski definition) is 1. The van der Waals surface area contributed by atoms with Gasteiger partial charge in [0.15, 0.2) is 6.61 Å². The molecule has 2 amide bonds. The second kappa shape index (κ2) is 9.13. The first-order valence-corrected chi connectivity index (χ1v) is 10.6. The highest BCUT2D eigenvalue weighted by Gasteiger charge is 2.36. The highest BCUT2D eigenvalue weighted by atomic mass is 32.2. The fraction of sp³-hybridized carbons (Fsp3) is 0.318. The Bertz CT molecular complexity index is 944. The molecule has 1 fully saturated rings. The van der Waals surface area contributed by atoms with Gasteiger partial charge in [-0.3, -0.25) is 14.4 Å². The Morgan fingerprint density at radius 1 is 1.17 bits per heavy atom. The van der Waals surface area contributed by atoms with Crippen LogP contribution in [0, 0.1) is 19.8 Å². The van der Waals surface area contributed by atoms with Crippen molar-refractivity contribution < 1.29 is 19.1 Å². The van der Waals surface area contributed by atoms with Gasteiger partial charge in [-0.15, -0.1) is 11.8 Å². The number of amides is 2. The maximum atomic E-state index is 12.4. The lowest BCUT2D eigenvalue weighted by Gasteiger charge is -2.17. The van der Waals surface area contributed by atoms with E-state index < -0.39 is 17.8 Å². The molecule has 2 aromatic rings. The van der Waals surface area contributed by atoms with Crippen LogP contribution in [0.15, 0.2) is 47.4 Å². The Hall–Kier alpha value is -2.80. The van der Waals surface area contributed by atoms with Gasteiger partial charge >= 0.3 is 5.97 Å². The van der Waals surface area contributed by atoms with Crippen molar-refractivity contribution in [2.75, 3.05) is 29.6 Å². The molecule has 1 atom stereocenters. The molecule has 0 bridgehead atoms. The third kappa shape index (κ3) is 5.17. The van der Waals surface area contributed by atoms with Crippen molar-refractivity contribution in [2.24, 2.45) is 5.92 Å². The van der Waals surface area contributed by atoms with Crippen molar-refractivity contribution in [3.8, 4) is 0 Å². The third-order valence-electron chi connectivity index (χ3n) is 4.96. The SMILES string of the molecule is CSc1cccc(N2C[C@H](C(=O)OCC(=O)Nc3ccc(C)c(C)c3)CC2=O)c1. The van der Waals surface area contributed by atoms with E-state index in [9.17, 15) is 14.4 Å². The van der Waals surface area contributed by atoms with Crippen molar-refractivity contribution in [2.45, 2.75) is 25.2 Å². The van der Waals surface area contributed by atoms with E-state index in [2.05, 4.69) is 5.32 Å². The summed E-state index contributed by atoms with van der Waals surface area (Å²) in [4.78, 5) is 39.4. The topological polar surface area (TPSA) is 75.7 Å².